The molecule has 0 spiro atoms. The predicted octanol–water partition coefficient (Wildman–Crippen LogP) is 7.21. The fourth-order valence-corrected chi connectivity index (χ4v) is 2.11. The van der Waals surface area contributed by atoms with Gasteiger partial charge in [0.05, 0.1) is 0 Å². The Balaban J connectivity index is 0. The largest absolute Gasteiger partial charge is 0.544 e. The molecule has 0 aliphatic rings. The van der Waals surface area contributed by atoms with Crippen LogP contribution in [0.1, 0.15) is 0 Å². The Hall–Kier alpha value is -0.946. The molecule has 0 aliphatic carbocycles. The Morgan fingerprint density at radius 1 is 0.720 bits per heavy atom. The van der Waals surface area contributed by atoms with Crippen molar-refractivity contribution in [2.75, 3.05) is 6.38 Å². The lowest BCUT2D eigenvalue weighted by molar-refractivity contribution is 0.475. The summed E-state index contributed by atoms with van der Waals surface area (Å²) in [4.78, 5) is 0. The maximum atomic E-state index is 8.63. The van der Waals surface area contributed by atoms with Gasteiger partial charge in [0.15, 0.2) is 0 Å². The van der Waals surface area contributed by atoms with Crippen molar-refractivity contribution in [3.8, 4) is 11.5 Å². The van der Waals surface area contributed by atoms with Crippen molar-refractivity contribution in [3.63, 3.8) is 0 Å². The lowest BCUT2D eigenvalue weighted by Crippen LogP contribution is -2.29. The van der Waals surface area contributed by atoms with E-state index in [0.717, 1.165) is 5.75 Å². The first-order valence-electron chi connectivity index (χ1n) is 8.02. The highest BCUT2D eigenvalue weighted by Gasteiger charge is 2.15. The third-order valence-corrected chi connectivity index (χ3v) is 2.77. The minimum Gasteiger partial charge on any atom is -0.544 e. The van der Waals surface area contributed by atoms with Crippen LogP contribution in [0.2, 0.25) is 39.3 Å². The Morgan fingerprint density at radius 3 is 1.28 bits per heavy atom. The number of halogens is 2. The number of alkyl halides is 1. The highest BCUT2D eigenvalue weighted by atomic mass is 35.6. The summed E-state index contributed by atoms with van der Waals surface area (Å²) in [6.45, 7) is 12.8. The van der Waals surface area contributed by atoms with Crippen molar-refractivity contribution in [2.24, 2.45) is 0 Å². The number of benzene rings is 2. The van der Waals surface area contributed by atoms with E-state index >= 15 is 0 Å². The highest BCUT2D eigenvalue weighted by molar-refractivity contribution is 7.18. The van der Waals surface area contributed by atoms with Crippen LogP contribution in [-0.2, 0) is 0 Å². The summed E-state index contributed by atoms with van der Waals surface area (Å²) in [6.07, 6.45) is 1.47. The van der Waals surface area contributed by atoms with Gasteiger partial charge in [0.2, 0.25) is 8.32 Å². The van der Waals surface area contributed by atoms with E-state index in [1.807, 2.05) is 36.4 Å². The van der Waals surface area contributed by atoms with Gasteiger partial charge in [0.1, 0.15) is 18.9 Å². The van der Waals surface area contributed by atoms with Crippen molar-refractivity contribution in [1.82, 2.24) is 0 Å². The zero-order valence-electron chi connectivity index (χ0n) is 16.4. The molecule has 0 radical (unpaired) electrons. The van der Waals surface area contributed by atoms with E-state index in [0.29, 0.717) is 5.75 Å². The second-order valence-corrected chi connectivity index (χ2v) is 18.9. The molecule has 0 atom stereocenters. The van der Waals surface area contributed by atoms with E-state index in [-0.39, 0.29) is 0 Å². The topological polar surface area (TPSA) is 29.5 Å². The lowest BCUT2D eigenvalue weighted by atomic mass is 10.3. The quantitative estimate of drug-likeness (QED) is 0.317. The van der Waals surface area contributed by atoms with Crippen LogP contribution in [0.5, 0.6) is 11.5 Å². The number of phenolic OH excluding ortho intramolecular Hbond substituents is 1. The molecule has 0 saturated carbocycles. The van der Waals surface area contributed by atoms with Gasteiger partial charge in [-0.1, -0.05) is 56.0 Å². The second-order valence-electron chi connectivity index (χ2n) is 6.93. The fraction of sp³-hybridized carbons (Fsp3) is 0.368. The molecule has 2 aromatic rings. The molecule has 2 nitrogen and oxygen atoms in total. The van der Waals surface area contributed by atoms with Crippen LogP contribution >= 0.6 is 22.7 Å². The molecule has 0 heterocycles. The third-order valence-electron chi connectivity index (χ3n) is 1.92. The molecule has 25 heavy (non-hydrogen) atoms. The first kappa shape index (κ1) is 26.3. The first-order valence-corrected chi connectivity index (χ1v) is 16.7. The van der Waals surface area contributed by atoms with Crippen LogP contribution in [0.15, 0.2) is 60.7 Å². The van der Waals surface area contributed by atoms with Gasteiger partial charge in [-0.05, 0) is 43.9 Å². The van der Waals surface area contributed by atoms with Crippen LogP contribution in [0.4, 0.5) is 0 Å². The molecule has 2 rings (SSSR count). The van der Waals surface area contributed by atoms with E-state index < -0.39 is 15.7 Å². The minimum atomic E-state index is -1.40. The molecule has 0 aromatic heterocycles. The summed E-state index contributed by atoms with van der Waals surface area (Å²) < 4.78 is 5.74. The number of phenols is 1. The molecule has 142 valence electrons. The molecule has 0 saturated heterocycles. The van der Waals surface area contributed by atoms with Crippen molar-refractivity contribution in [3.05, 3.63) is 60.7 Å². The van der Waals surface area contributed by atoms with Gasteiger partial charge >= 0.3 is 0 Å². The summed E-state index contributed by atoms with van der Waals surface area (Å²) in [6, 6.07) is 18.7. The van der Waals surface area contributed by atoms with Gasteiger partial charge in [-0.2, -0.15) is 11.1 Å². The van der Waals surface area contributed by atoms with Crippen LogP contribution < -0.4 is 4.43 Å². The predicted molar refractivity (Wildman–Crippen MR) is 119 cm³/mol. The van der Waals surface area contributed by atoms with Crippen molar-refractivity contribution in [1.29, 1.82) is 0 Å². The average molecular weight is 420 g/mol. The molecule has 0 unspecified atom stereocenters. The molecule has 0 amide bonds. The summed E-state index contributed by atoms with van der Waals surface area (Å²) in [5.74, 6) is 1.31. The molecule has 0 aliphatic heterocycles. The summed E-state index contributed by atoms with van der Waals surface area (Å²) in [5.41, 5.74) is 0. The average Bonchev–Trinajstić information content (AvgIpc) is 2.48. The molecule has 0 bridgehead atoms. The number of para-hydroxylation sites is 2. The zero-order chi connectivity index (χ0) is 19.9. The van der Waals surface area contributed by atoms with E-state index in [1.54, 1.807) is 24.3 Å². The summed E-state index contributed by atoms with van der Waals surface area (Å²) in [5, 5.41) is 8.63. The Morgan fingerprint density at radius 2 is 1.04 bits per heavy atom. The number of hydrogen-bond donors (Lipinski definition) is 1. The van der Waals surface area contributed by atoms with Gasteiger partial charge < -0.3 is 9.53 Å². The van der Waals surface area contributed by atoms with E-state index in [2.05, 4.69) is 50.9 Å². The number of rotatable bonds is 2. The SMILES string of the molecule is CCl.C[Si](C)(C)Cl.C[Si](C)(C)Oc1ccccc1.Oc1ccccc1. The molecule has 2 aromatic carbocycles. The summed E-state index contributed by atoms with van der Waals surface area (Å²) in [7, 11) is -2.54. The molecular weight excluding hydrogens is 387 g/mol. The highest BCUT2D eigenvalue weighted by Crippen LogP contribution is 2.14. The zero-order valence-corrected chi connectivity index (χ0v) is 19.9. The van der Waals surface area contributed by atoms with Crippen molar-refractivity contribution < 1.29 is 9.53 Å². The normalized spacial score (nSPS) is 9.96. The Labute approximate surface area is 165 Å². The lowest BCUT2D eigenvalue weighted by Gasteiger charge is -2.18. The standard InChI is InChI=1S/C9H14OSi.C6H6O.C3H9ClSi.CH3Cl/c1-11(2,3)10-9-7-5-4-6-8-9;7-6-4-2-1-3-5-6;1-5(2,3)4;1-2/h4-8H,1-3H3;1-5,7H;1-3H3;1H3. The maximum absolute atomic E-state index is 8.63. The van der Waals surface area contributed by atoms with Gasteiger partial charge in [0.25, 0.3) is 0 Å². The maximum Gasteiger partial charge on any atom is 0.242 e. The first-order chi connectivity index (χ1) is 11.5. The van der Waals surface area contributed by atoms with Crippen LogP contribution in [0, 0.1) is 0 Å². The fourth-order valence-electron chi connectivity index (χ4n) is 1.27. The second kappa shape index (κ2) is 14.2. The number of aromatic hydroxyl groups is 1. The van der Waals surface area contributed by atoms with Crippen LogP contribution in [0.25, 0.3) is 0 Å². The Bertz CT molecular complexity index is 519. The van der Waals surface area contributed by atoms with Gasteiger partial charge in [0, 0.05) is 6.38 Å². The molecular formula is C19H32Cl2O2Si2. The third kappa shape index (κ3) is 25.4. The van der Waals surface area contributed by atoms with E-state index in [1.165, 1.54) is 6.38 Å². The minimum absolute atomic E-state index is 0.322. The Kier molecular flexibility index (Phi) is 15.0. The molecule has 1 N–H and O–H groups in total. The van der Waals surface area contributed by atoms with Gasteiger partial charge in [-0.15, -0.1) is 11.6 Å². The van der Waals surface area contributed by atoms with Crippen molar-refractivity contribution in [2.45, 2.75) is 39.3 Å². The van der Waals surface area contributed by atoms with Gasteiger partial charge in [-0.3, -0.25) is 0 Å². The molecule has 6 heteroatoms. The molecule has 0 fully saturated rings. The van der Waals surface area contributed by atoms with E-state index in [4.69, 9.17) is 20.6 Å². The van der Waals surface area contributed by atoms with Gasteiger partial charge in [-0.25, -0.2) is 0 Å². The number of hydrogen-bond acceptors (Lipinski definition) is 2. The smallest absolute Gasteiger partial charge is 0.242 e. The monoisotopic (exact) mass is 418 g/mol. The van der Waals surface area contributed by atoms with Crippen molar-refractivity contribution >= 4 is 38.4 Å². The summed E-state index contributed by atoms with van der Waals surface area (Å²) >= 11 is 10.3. The van der Waals surface area contributed by atoms with Crippen LogP contribution in [0.3, 0.4) is 0 Å². The van der Waals surface area contributed by atoms with E-state index in [9.17, 15) is 0 Å². The van der Waals surface area contributed by atoms with Crippen LogP contribution in [-0.4, -0.2) is 27.2 Å².